The molecule has 1 aromatic heterocycles. The molecule has 3 rings (SSSR count). The maximum Gasteiger partial charge on any atom is 0.134 e. The fourth-order valence-corrected chi connectivity index (χ4v) is 4.35. The number of aryl methyl sites for hydroxylation is 1. The lowest BCUT2D eigenvalue weighted by molar-refractivity contribution is 0.384. The number of aromatic nitrogens is 2. The zero-order valence-corrected chi connectivity index (χ0v) is 17.8. The molecule has 0 atom stereocenters. The van der Waals surface area contributed by atoms with E-state index in [2.05, 4.69) is 54.2 Å². The first kappa shape index (κ1) is 20.3. The smallest absolute Gasteiger partial charge is 0.134 e. The lowest BCUT2D eigenvalue weighted by Crippen LogP contribution is -2.46. The highest BCUT2D eigenvalue weighted by Crippen LogP contribution is 2.25. The van der Waals surface area contributed by atoms with Gasteiger partial charge in [0.25, 0.3) is 0 Å². The van der Waals surface area contributed by atoms with E-state index < -0.39 is 0 Å². The summed E-state index contributed by atoms with van der Waals surface area (Å²) < 4.78 is 0. The number of hydrogen-bond donors (Lipinski definition) is 2. The van der Waals surface area contributed by atoms with Crippen LogP contribution in [-0.4, -0.2) is 60.3 Å². The molecule has 0 bridgehead atoms. The third-order valence-electron chi connectivity index (χ3n) is 5.59. The van der Waals surface area contributed by atoms with Crippen LogP contribution in [0.1, 0.15) is 59.2 Å². The number of piperidine rings is 2. The van der Waals surface area contributed by atoms with Gasteiger partial charge in [-0.15, -0.1) is 0 Å². The van der Waals surface area contributed by atoms with Gasteiger partial charge < -0.3 is 20.4 Å². The molecular weight excluding hydrogens is 336 g/mol. The van der Waals surface area contributed by atoms with Crippen LogP contribution in [0.2, 0.25) is 0 Å². The number of nitrogens with one attached hydrogen (secondary N) is 2. The van der Waals surface area contributed by atoms with Gasteiger partial charge in [0.2, 0.25) is 0 Å². The van der Waals surface area contributed by atoms with Crippen molar-refractivity contribution >= 4 is 11.6 Å². The molecule has 27 heavy (non-hydrogen) atoms. The predicted octanol–water partition coefficient (Wildman–Crippen LogP) is 2.72. The van der Waals surface area contributed by atoms with E-state index >= 15 is 0 Å². The quantitative estimate of drug-likeness (QED) is 0.798. The van der Waals surface area contributed by atoms with Gasteiger partial charge in [-0.25, -0.2) is 9.97 Å². The summed E-state index contributed by atoms with van der Waals surface area (Å²) in [5.74, 6) is 3.08. The van der Waals surface area contributed by atoms with Crippen molar-refractivity contribution in [2.75, 3.05) is 36.0 Å². The normalized spacial score (nSPS) is 20.1. The van der Waals surface area contributed by atoms with Crippen LogP contribution >= 0.6 is 0 Å². The van der Waals surface area contributed by atoms with Crippen molar-refractivity contribution in [2.24, 2.45) is 0 Å². The topological polar surface area (TPSA) is 56.3 Å². The molecule has 2 aliphatic heterocycles. The Balaban J connectivity index is 1.60. The molecule has 2 aliphatic rings. The summed E-state index contributed by atoms with van der Waals surface area (Å²) in [7, 11) is 0. The second-order valence-corrected chi connectivity index (χ2v) is 8.80. The van der Waals surface area contributed by atoms with Crippen LogP contribution in [0, 0.1) is 6.92 Å². The van der Waals surface area contributed by atoms with Crippen LogP contribution in [0.25, 0.3) is 0 Å². The summed E-state index contributed by atoms with van der Waals surface area (Å²) in [4.78, 5) is 14.4. The van der Waals surface area contributed by atoms with Gasteiger partial charge in [-0.05, 0) is 32.6 Å². The van der Waals surface area contributed by atoms with Gasteiger partial charge in [-0.2, -0.15) is 0 Å². The maximum absolute atomic E-state index is 4.75. The van der Waals surface area contributed by atoms with Gasteiger partial charge in [-0.1, -0.05) is 27.7 Å². The zero-order chi connectivity index (χ0) is 19.4. The van der Waals surface area contributed by atoms with Crippen LogP contribution in [0.15, 0.2) is 6.07 Å². The van der Waals surface area contributed by atoms with Crippen molar-refractivity contribution in [3.05, 3.63) is 11.9 Å². The van der Waals surface area contributed by atoms with E-state index in [0.717, 1.165) is 43.6 Å². The van der Waals surface area contributed by atoms with Gasteiger partial charge in [0.05, 0.1) is 0 Å². The van der Waals surface area contributed by atoms with Crippen LogP contribution in [0.3, 0.4) is 0 Å². The van der Waals surface area contributed by atoms with Crippen molar-refractivity contribution in [3.63, 3.8) is 0 Å². The first-order valence-corrected chi connectivity index (χ1v) is 10.8. The molecule has 2 saturated heterocycles. The molecule has 6 heteroatoms. The van der Waals surface area contributed by atoms with E-state index in [9.17, 15) is 0 Å². The molecule has 0 radical (unpaired) electrons. The average Bonchev–Trinajstić information content (AvgIpc) is 2.61. The number of anilines is 2. The number of rotatable bonds is 6. The molecule has 3 heterocycles. The summed E-state index contributed by atoms with van der Waals surface area (Å²) in [6.07, 6.45) is 4.73. The van der Waals surface area contributed by atoms with Gasteiger partial charge in [-0.3, -0.25) is 0 Å². The predicted molar refractivity (Wildman–Crippen MR) is 114 cm³/mol. The first-order chi connectivity index (χ1) is 12.9. The molecular formula is C21H38N6. The lowest BCUT2D eigenvalue weighted by Gasteiger charge is -2.36. The fraction of sp³-hybridized carbons (Fsp3) is 0.810. The molecule has 0 aliphatic carbocycles. The van der Waals surface area contributed by atoms with E-state index in [-0.39, 0.29) is 0 Å². The van der Waals surface area contributed by atoms with E-state index in [1.165, 1.54) is 25.7 Å². The number of hydrogen-bond acceptors (Lipinski definition) is 6. The fourth-order valence-electron chi connectivity index (χ4n) is 4.35. The van der Waals surface area contributed by atoms with E-state index in [1.54, 1.807) is 0 Å². The second-order valence-electron chi connectivity index (χ2n) is 8.80. The second kappa shape index (κ2) is 9.20. The molecule has 0 saturated carbocycles. The van der Waals surface area contributed by atoms with Gasteiger partial charge in [0, 0.05) is 56.4 Å². The third kappa shape index (κ3) is 5.79. The SMILES string of the molecule is Cc1nc(N2CCC(NC(C)C)CC2)cc(N2CCC(NC(C)C)CC2)n1. The van der Waals surface area contributed by atoms with Crippen molar-refractivity contribution in [1.29, 1.82) is 0 Å². The van der Waals surface area contributed by atoms with Crippen LogP contribution in [-0.2, 0) is 0 Å². The average molecular weight is 375 g/mol. The van der Waals surface area contributed by atoms with Crippen molar-refractivity contribution < 1.29 is 0 Å². The van der Waals surface area contributed by atoms with Crippen LogP contribution in [0.5, 0.6) is 0 Å². The van der Waals surface area contributed by atoms with E-state index in [0.29, 0.717) is 24.2 Å². The highest BCUT2D eigenvalue weighted by Gasteiger charge is 2.24. The Morgan fingerprint density at radius 2 is 1.15 bits per heavy atom. The molecule has 0 amide bonds. The van der Waals surface area contributed by atoms with Crippen molar-refractivity contribution in [1.82, 2.24) is 20.6 Å². The van der Waals surface area contributed by atoms with Gasteiger partial charge in [0.1, 0.15) is 17.5 Å². The third-order valence-corrected chi connectivity index (χ3v) is 5.59. The van der Waals surface area contributed by atoms with Gasteiger partial charge >= 0.3 is 0 Å². The summed E-state index contributed by atoms with van der Waals surface area (Å²) in [6.45, 7) is 15.2. The summed E-state index contributed by atoms with van der Waals surface area (Å²) in [5.41, 5.74) is 0. The summed E-state index contributed by atoms with van der Waals surface area (Å²) >= 11 is 0. The largest absolute Gasteiger partial charge is 0.356 e. The molecule has 2 fully saturated rings. The molecule has 6 nitrogen and oxygen atoms in total. The molecule has 0 spiro atoms. The molecule has 0 unspecified atom stereocenters. The Kier molecular flexibility index (Phi) is 6.93. The first-order valence-electron chi connectivity index (χ1n) is 10.8. The highest BCUT2D eigenvalue weighted by molar-refractivity contribution is 5.51. The van der Waals surface area contributed by atoms with Crippen LogP contribution in [0.4, 0.5) is 11.6 Å². The Morgan fingerprint density at radius 1 is 0.778 bits per heavy atom. The minimum absolute atomic E-state index is 0.558. The Hall–Kier alpha value is -1.40. The standard InChI is InChI=1S/C21H38N6/c1-15(2)22-18-6-10-26(11-7-18)20-14-21(25-17(5)24-20)27-12-8-19(9-13-27)23-16(3)4/h14-16,18-19,22-23H,6-13H2,1-5H3. The van der Waals surface area contributed by atoms with E-state index in [1.807, 2.05) is 6.92 Å². The van der Waals surface area contributed by atoms with Crippen molar-refractivity contribution in [3.8, 4) is 0 Å². The van der Waals surface area contributed by atoms with Crippen molar-refractivity contribution in [2.45, 2.75) is 84.5 Å². The minimum Gasteiger partial charge on any atom is -0.356 e. The molecule has 1 aromatic rings. The summed E-state index contributed by atoms with van der Waals surface area (Å²) in [6, 6.07) is 4.59. The highest BCUT2D eigenvalue weighted by atomic mass is 15.3. The van der Waals surface area contributed by atoms with Gasteiger partial charge in [0.15, 0.2) is 0 Å². The monoisotopic (exact) mass is 374 g/mol. The number of nitrogens with zero attached hydrogens (tertiary/aromatic N) is 4. The lowest BCUT2D eigenvalue weighted by atomic mass is 10.0. The molecule has 0 aromatic carbocycles. The molecule has 152 valence electrons. The Morgan fingerprint density at radius 3 is 1.48 bits per heavy atom. The van der Waals surface area contributed by atoms with Crippen LogP contribution < -0.4 is 20.4 Å². The summed E-state index contributed by atoms with van der Waals surface area (Å²) in [5, 5.41) is 7.34. The van der Waals surface area contributed by atoms with E-state index in [4.69, 9.17) is 9.97 Å². The zero-order valence-electron chi connectivity index (χ0n) is 17.8. The Labute approximate surface area is 165 Å². The molecule has 2 N–H and O–H groups in total. The maximum atomic E-state index is 4.75. The minimum atomic E-state index is 0.558. The Bertz CT molecular complexity index is 538.